The summed E-state index contributed by atoms with van der Waals surface area (Å²) in [5.41, 5.74) is 0. The molecule has 68 valence electrons. The van der Waals surface area contributed by atoms with E-state index in [4.69, 9.17) is 9.47 Å². The number of aliphatic carboxylic acids is 1. The minimum Gasteiger partial charge on any atom is -0.545 e. The van der Waals surface area contributed by atoms with E-state index in [0.717, 1.165) is 0 Å². The largest absolute Gasteiger partial charge is 1.00 e. The summed E-state index contributed by atoms with van der Waals surface area (Å²) in [6, 6.07) is 0. The number of carbonyl (C=O) groups excluding carboxylic acids is 1. The number of carboxylic acids is 1. The summed E-state index contributed by atoms with van der Waals surface area (Å²) < 4.78 is 9.41. The molecular weight excluding hydrogens is 199 g/mol. The first kappa shape index (κ1) is 16.0. The van der Waals surface area contributed by atoms with Crippen molar-refractivity contribution >= 4 is 5.97 Å². The van der Waals surface area contributed by atoms with Crippen LogP contribution in [0.1, 0.15) is 0 Å². The zero-order chi connectivity index (χ0) is 9.40. The third-order valence-corrected chi connectivity index (χ3v) is 0.923. The number of rotatable bonds is 7. The van der Waals surface area contributed by atoms with E-state index in [-0.39, 0.29) is 64.6 Å². The van der Waals surface area contributed by atoms with Gasteiger partial charge in [-0.3, -0.25) is 0 Å². The van der Waals surface area contributed by atoms with Gasteiger partial charge in [0, 0.05) is 0 Å². The smallest absolute Gasteiger partial charge is 0.545 e. The quantitative estimate of drug-likeness (QED) is 0.248. The van der Waals surface area contributed by atoms with Crippen LogP contribution < -0.4 is 56.5 Å². The Labute approximate surface area is 120 Å². The van der Waals surface area contributed by atoms with Crippen LogP contribution in [-0.4, -0.2) is 25.5 Å². The van der Waals surface area contributed by atoms with Gasteiger partial charge in [0.15, 0.2) is 6.29 Å². The maximum absolute atomic E-state index is 10.3. The Hall–Kier alpha value is 0.506. The predicted octanol–water partition coefficient (Wildman–Crippen LogP) is -3.53. The second-order valence-corrected chi connectivity index (χ2v) is 1.89. The Kier molecular flexibility index (Phi) is 13.0. The van der Waals surface area contributed by atoms with Gasteiger partial charge in [0.05, 0.1) is 19.2 Å². The summed E-state index contributed by atoms with van der Waals surface area (Å²) in [4.78, 5) is 10.3. The first-order valence-corrected chi connectivity index (χ1v) is 3.38. The second kappa shape index (κ2) is 10.6. The van der Waals surface area contributed by atoms with Crippen molar-refractivity contribution in [3.8, 4) is 0 Å². The molecule has 0 aliphatic carbocycles. The number of ether oxygens (including phenoxy) is 2. The number of carboxylic acid groups (broad SMARTS) is 1. The molecule has 0 rings (SSSR count). The Morgan fingerprint density at radius 3 is 1.92 bits per heavy atom. The summed E-state index contributed by atoms with van der Waals surface area (Å²) in [5.74, 6) is -1.40. The van der Waals surface area contributed by atoms with Crippen molar-refractivity contribution in [1.29, 1.82) is 0 Å². The van der Waals surface area contributed by atoms with Gasteiger partial charge < -0.3 is 19.4 Å². The van der Waals surface area contributed by atoms with Crippen LogP contribution in [0, 0.1) is 0 Å². The van der Waals surface area contributed by atoms with Gasteiger partial charge in [0.25, 0.3) is 0 Å². The topological polar surface area (TPSA) is 58.6 Å². The molecule has 13 heavy (non-hydrogen) atoms. The fourth-order valence-electron chi connectivity index (χ4n) is 0.495. The molecule has 4 nitrogen and oxygen atoms in total. The minimum absolute atomic E-state index is 0. The monoisotopic (exact) mass is 210 g/mol. The van der Waals surface area contributed by atoms with Crippen LogP contribution in [0.25, 0.3) is 0 Å². The summed E-state index contributed by atoms with van der Waals surface area (Å²) >= 11 is 0. The van der Waals surface area contributed by atoms with Gasteiger partial charge in [-0.05, 0) is 0 Å². The van der Waals surface area contributed by atoms with Crippen LogP contribution in [0.5, 0.6) is 0 Å². The van der Waals surface area contributed by atoms with Crippen molar-refractivity contribution < 1.29 is 70.8 Å². The van der Waals surface area contributed by atoms with Gasteiger partial charge in [-0.1, -0.05) is 12.2 Å². The Balaban J connectivity index is 0. The molecule has 0 spiro atoms. The minimum atomic E-state index is -1.40. The Bertz CT molecular complexity index is 158. The van der Waals surface area contributed by atoms with Crippen LogP contribution >= 0.6 is 0 Å². The third-order valence-electron chi connectivity index (χ3n) is 0.923. The van der Waals surface area contributed by atoms with Crippen LogP contribution in [0.4, 0.5) is 0 Å². The molecule has 0 radical (unpaired) electrons. The van der Waals surface area contributed by atoms with Crippen molar-refractivity contribution in [3.05, 3.63) is 25.3 Å². The van der Waals surface area contributed by atoms with E-state index in [1.165, 1.54) is 12.2 Å². The fraction of sp³-hybridized carbons (Fsp3) is 0.375. The Morgan fingerprint density at radius 1 is 1.31 bits per heavy atom. The van der Waals surface area contributed by atoms with E-state index in [0.29, 0.717) is 0 Å². The van der Waals surface area contributed by atoms with E-state index in [2.05, 4.69) is 13.2 Å². The predicted molar refractivity (Wildman–Crippen MR) is 41.1 cm³/mol. The zero-order valence-electron chi connectivity index (χ0n) is 7.69. The van der Waals surface area contributed by atoms with Crippen LogP contribution in [0.2, 0.25) is 0 Å². The second-order valence-electron chi connectivity index (χ2n) is 1.89. The first-order chi connectivity index (χ1) is 5.72. The molecule has 0 bridgehead atoms. The normalized spacial score (nSPS) is 9.00. The molecular formula is C8H11KO4. The molecule has 0 atom stereocenters. The van der Waals surface area contributed by atoms with E-state index in [9.17, 15) is 9.90 Å². The molecule has 0 aromatic carbocycles. The average molecular weight is 210 g/mol. The van der Waals surface area contributed by atoms with Gasteiger partial charge in [-0.2, -0.15) is 0 Å². The van der Waals surface area contributed by atoms with Crippen molar-refractivity contribution in [2.24, 2.45) is 0 Å². The van der Waals surface area contributed by atoms with Crippen molar-refractivity contribution in [3.63, 3.8) is 0 Å². The van der Waals surface area contributed by atoms with E-state index in [1.807, 2.05) is 0 Å². The molecule has 0 saturated heterocycles. The molecule has 0 unspecified atom stereocenters. The number of hydrogen-bond donors (Lipinski definition) is 0. The molecule has 0 amide bonds. The summed E-state index contributed by atoms with van der Waals surface area (Å²) in [6.07, 6.45) is 1.50. The maximum atomic E-state index is 10.3. The van der Waals surface area contributed by atoms with Gasteiger partial charge >= 0.3 is 51.4 Å². The van der Waals surface area contributed by atoms with E-state index in [1.54, 1.807) is 0 Å². The van der Waals surface area contributed by atoms with Crippen LogP contribution in [0.3, 0.4) is 0 Å². The standard InChI is InChI=1S/C8H12O4.K/c1-3-5-11-8(7(9)10)12-6-4-2;/h3-4,8H,1-2,5-6H2,(H,9,10);/q;+1/p-1. The average Bonchev–Trinajstić information content (AvgIpc) is 2.04. The molecule has 0 heterocycles. The van der Waals surface area contributed by atoms with Crippen LogP contribution in [-0.2, 0) is 14.3 Å². The van der Waals surface area contributed by atoms with Gasteiger partial charge in [-0.25, -0.2) is 0 Å². The van der Waals surface area contributed by atoms with Crippen molar-refractivity contribution in [1.82, 2.24) is 0 Å². The molecule has 0 aliphatic heterocycles. The van der Waals surface area contributed by atoms with Gasteiger partial charge in [-0.15, -0.1) is 13.2 Å². The van der Waals surface area contributed by atoms with Gasteiger partial charge in [0.2, 0.25) is 0 Å². The number of hydrogen-bond acceptors (Lipinski definition) is 4. The molecule has 0 fully saturated rings. The molecule has 0 aromatic heterocycles. The Morgan fingerprint density at radius 2 is 1.69 bits per heavy atom. The molecule has 0 aliphatic rings. The zero-order valence-corrected chi connectivity index (χ0v) is 10.8. The molecule has 0 N–H and O–H groups in total. The molecule has 5 heteroatoms. The summed E-state index contributed by atoms with van der Waals surface area (Å²) in [7, 11) is 0. The van der Waals surface area contributed by atoms with Crippen molar-refractivity contribution in [2.45, 2.75) is 6.29 Å². The molecule has 0 aromatic rings. The molecule has 0 saturated carbocycles. The first-order valence-electron chi connectivity index (χ1n) is 3.38. The third kappa shape index (κ3) is 8.83. The maximum Gasteiger partial charge on any atom is 1.00 e. The fourth-order valence-corrected chi connectivity index (χ4v) is 0.495. The summed E-state index contributed by atoms with van der Waals surface area (Å²) in [5, 5.41) is 10.3. The van der Waals surface area contributed by atoms with Gasteiger partial charge in [0.1, 0.15) is 0 Å². The van der Waals surface area contributed by atoms with E-state index < -0.39 is 12.3 Å². The SMILES string of the molecule is C=CCOC(OCC=C)C(=O)[O-].[K+]. The van der Waals surface area contributed by atoms with Crippen LogP contribution in [0.15, 0.2) is 25.3 Å². The van der Waals surface area contributed by atoms with E-state index >= 15 is 0 Å². The summed E-state index contributed by atoms with van der Waals surface area (Å²) in [6.45, 7) is 6.93. The van der Waals surface area contributed by atoms with Crippen molar-refractivity contribution in [2.75, 3.05) is 13.2 Å². The number of carbonyl (C=O) groups is 1.